The van der Waals surface area contributed by atoms with E-state index in [1.165, 1.54) is 24.3 Å². The van der Waals surface area contributed by atoms with Gasteiger partial charge in [-0.15, -0.1) is 0 Å². The van der Waals surface area contributed by atoms with E-state index in [9.17, 15) is 18.0 Å². The number of nitrogens with one attached hydrogen (secondary N) is 3. The van der Waals surface area contributed by atoms with Crippen molar-refractivity contribution in [3.63, 3.8) is 0 Å². The number of carbonyl (C=O) groups is 2. The summed E-state index contributed by atoms with van der Waals surface area (Å²) in [7, 11) is -4.12. The van der Waals surface area contributed by atoms with Crippen molar-refractivity contribution in [1.29, 1.82) is 0 Å². The SMILES string of the molecule is Cc1ccc(C(=O)Nc2ccc(S(=O)(=O)NC(Cc3c[nH]c4ccccc34)C(=O)OCc3ccccc3)cc2)cc1. The second kappa shape index (κ2) is 12.2. The van der Waals surface area contributed by atoms with Crippen molar-refractivity contribution < 1.29 is 22.7 Å². The van der Waals surface area contributed by atoms with Crippen LogP contribution in [0, 0.1) is 6.92 Å². The molecule has 0 saturated carbocycles. The van der Waals surface area contributed by atoms with Crippen LogP contribution in [0.3, 0.4) is 0 Å². The molecule has 5 aromatic rings. The summed E-state index contributed by atoms with van der Waals surface area (Å²) in [4.78, 5) is 28.9. The van der Waals surface area contributed by atoms with E-state index >= 15 is 0 Å². The fourth-order valence-electron chi connectivity index (χ4n) is 4.40. The van der Waals surface area contributed by atoms with Gasteiger partial charge in [-0.2, -0.15) is 4.72 Å². The zero-order valence-corrected chi connectivity index (χ0v) is 23.1. The van der Waals surface area contributed by atoms with Crippen molar-refractivity contribution in [3.05, 3.63) is 132 Å². The minimum absolute atomic E-state index is 0.0150. The Balaban J connectivity index is 1.33. The van der Waals surface area contributed by atoms with E-state index < -0.39 is 22.0 Å². The molecule has 0 spiro atoms. The van der Waals surface area contributed by atoms with Crippen LogP contribution in [0.25, 0.3) is 10.9 Å². The Morgan fingerprint density at radius 3 is 2.27 bits per heavy atom. The van der Waals surface area contributed by atoms with Crippen LogP contribution in [0.4, 0.5) is 5.69 Å². The lowest BCUT2D eigenvalue weighted by Gasteiger charge is -2.18. The molecule has 1 atom stereocenters. The Labute approximate surface area is 238 Å². The van der Waals surface area contributed by atoms with E-state index in [1.807, 2.05) is 73.7 Å². The van der Waals surface area contributed by atoms with Gasteiger partial charge in [-0.05, 0) is 60.5 Å². The first-order valence-electron chi connectivity index (χ1n) is 13.0. The Bertz CT molecular complexity index is 1760. The number of benzene rings is 4. The van der Waals surface area contributed by atoms with E-state index in [1.54, 1.807) is 18.3 Å². The molecule has 5 rings (SSSR count). The third-order valence-corrected chi connectivity index (χ3v) is 8.13. The second-order valence-electron chi connectivity index (χ2n) is 9.68. The van der Waals surface area contributed by atoms with Crippen LogP contribution in [0.15, 0.2) is 114 Å². The summed E-state index contributed by atoms with van der Waals surface area (Å²) in [5, 5.41) is 3.65. The molecule has 0 radical (unpaired) electrons. The number of aromatic nitrogens is 1. The number of amides is 1. The summed E-state index contributed by atoms with van der Waals surface area (Å²) in [6, 6.07) is 28.5. The number of rotatable bonds is 10. The van der Waals surface area contributed by atoms with Crippen LogP contribution in [0.2, 0.25) is 0 Å². The first-order valence-corrected chi connectivity index (χ1v) is 14.5. The maximum absolute atomic E-state index is 13.4. The molecule has 1 unspecified atom stereocenters. The summed E-state index contributed by atoms with van der Waals surface area (Å²) >= 11 is 0. The average Bonchev–Trinajstić information content (AvgIpc) is 3.39. The standard InChI is InChI=1S/C32H29N3O5S/c1-22-11-13-24(14-12-22)31(36)34-26-15-17-27(18-16-26)41(38,39)35-30(32(37)40-21-23-7-3-2-4-8-23)19-25-20-33-29-10-6-5-9-28(25)29/h2-18,20,30,33,35H,19,21H2,1H3,(H,34,36). The second-order valence-corrected chi connectivity index (χ2v) is 11.4. The van der Waals surface area contributed by atoms with Crippen LogP contribution in [0.5, 0.6) is 0 Å². The Kier molecular flexibility index (Phi) is 8.28. The molecule has 0 saturated heterocycles. The molecule has 208 valence electrons. The zero-order chi connectivity index (χ0) is 28.8. The summed E-state index contributed by atoms with van der Waals surface area (Å²) in [5.41, 5.74) is 4.41. The molecule has 0 bridgehead atoms. The zero-order valence-electron chi connectivity index (χ0n) is 22.3. The molecule has 4 aromatic carbocycles. The number of sulfonamides is 1. The van der Waals surface area contributed by atoms with Crippen LogP contribution in [-0.2, 0) is 32.6 Å². The van der Waals surface area contributed by atoms with Gasteiger partial charge in [0.2, 0.25) is 10.0 Å². The monoisotopic (exact) mass is 567 g/mol. The molecule has 0 aliphatic heterocycles. The van der Waals surface area contributed by atoms with Gasteiger partial charge in [-0.1, -0.05) is 66.2 Å². The Morgan fingerprint density at radius 2 is 1.54 bits per heavy atom. The largest absolute Gasteiger partial charge is 0.460 e. The number of hydrogen-bond acceptors (Lipinski definition) is 5. The van der Waals surface area contributed by atoms with Gasteiger partial charge in [0.1, 0.15) is 12.6 Å². The van der Waals surface area contributed by atoms with Crippen LogP contribution in [0.1, 0.15) is 27.0 Å². The fraction of sp³-hybridized carbons (Fsp3) is 0.125. The number of aromatic amines is 1. The van der Waals surface area contributed by atoms with Gasteiger partial charge in [0.25, 0.3) is 5.91 Å². The smallest absolute Gasteiger partial charge is 0.324 e. The third-order valence-electron chi connectivity index (χ3n) is 6.64. The van der Waals surface area contributed by atoms with Crippen molar-refractivity contribution in [3.8, 4) is 0 Å². The quantitative estimate of drug-likeness (QED) is 0.196. The van der Waals surface area contributed by atoms with Gasteiger partial charge >= 0.3 is 5.97 Å². The van der Waals surface area contributed by atoms with Gasteiger partial charge in [0.05, 0.1) is 4.90 Å². The number of esters is 1. The Hall–Kier alpha value is -4.73. The highest BCUT2D eigenvalue weighted by atomic mass is 32.2. The first-order chi connectivity index (χ1) is 19.8. The van der Waals surface area contributed by atoms with Gasteiger partial charge in [-0.3, -0.25) is 9.59 Å². The summed E-state index contributed by atoms with van der Waals surface area (Å²) in [5.74, 6) is -0.997. The van der Waals surface area contributed by atoms with E-state index in [-0.39, 0.29) is 23.8 Å². The lowest BCUT2D eigenvalue weighted by molar-refractivity contribution is -0.147. The number of para-hydroxylation sites is 1. The molecule has 9 heteroatoms. The number of ether oxygens (including phenoxy) is 1. The van der Waals surface area contributed by atoms with Gasteiger partial charge in [0.15, 0.2) is 0 Å². The predicted molar refractivity (Wildman–Crippen MR) is 158 cm³/mol. The first kappa shape index (κ1) is 27.8. The topological polar surface area (TPSA) is 117 Å². The molecule has 0 aliphatic rings. The summed E-state index contributed by atoms with van der Waals surface area (Å²) < 4.78 is 34.8. The lowest BCUT2D eigenvalue weighted by Crippen LogP contribution is -2.43. The van der Waals surface area contributed by atoms with Gasteiger partial charge < -0.3 is 15.0 Å². The van der Waals surface area contributed by atoms with Crippen molar-refractivity contribution >= 4 is 38.5 Å². The highest BCUT2D eigenvalue weighted by molar-refractivity contribution is 7.89. The maximum atomic E-state index is 13.4. The summed E-state index contributed by atoms with van der Waals surface area (Å²) in [6.45, 7) is 1.95. The number of H-pyrrole nitrogens is 1. The molecule has 8 nitrogen and oxygen atoms in total. The van der Waals surface area contributed by atoms with Crippen LogP contribution < -0.4 is 10.0 Å². The van der Waals surface area contributed by atoms with Crippen molar-refractivity contribution in [2.75, 3.05) is 5.32 Å². The fourth-order valence-corrected chi connectivity index (χ4v) is 5.59. The maximum Gasteiger partial charge on any atom is 0.324 e. The minimum atomic E-state index is -4.12. The molecule has 1 heterocycles. The van der Waals surface area contributed by atoms with Crippen molar-refractivity contribution in [2.45, 2.75) is 30.9 Å². The van der Waals surface area contributed by atoms with Crippen molar-refractivity contribution in [2.24, 2.45) is 0 Å². The molecule has 41 heavy (non-hydrogen) atoms. The molecule has 1 aromatic heterocycles. The number of hydrogen-bond donors (Lipinski definition) is 3. The van der Waals surface area contributed by atoms with E-state index in [0.29, 0.717) is 11.3 Å². The minimum Gasteiger partial charge on any atom is -0.460 e. The number of anilines is 1. The molecule has 3 N–H and O–H groups in total. The van der Waals surface area contributed by atoms with Crippen molar-refractivity contribution in [1.82, 2.24) is 9.71 Å². The van der Waals surface area contributed by atoms with Crippen LogP contribution in [-0.4, -0.2) is 31.3 Å². The van der Waals surface area contributed by atoms with E-state index in [0.717, 1.165) is 27.6 Å². The Morgan fingerprint density at radius 1 is 0.854 bits per heavy atom. The van der Waals surface area contributed by atoms with E-state index in [2.05, 4.69) is 15.0 Å². The number of carbonyl (C=O) groups excluding carboxylic acids is 2. The van der Waals surface area contributed by atoms with Gasteiger partial charge in [-0.25, -0.2) is 8.42 Å². The van der Waals surface area contributed by atoms with E-state index in [4.69, 9.17) is 4.74 Å². The van der Waals surface area contributed by atoms with Gasteiger partial charge in [0, 0.05) is 34.8 Å². The summed E-state index contributed by atoms with van der Waals surface area (Å²) in [6.07, 6.45) is 1.85. The molecule has 0 aliphatic carbocycles. The number of fused-ring (bicyclic) bond motifs is 1. The number of aryl methyl sites for hydroxylation is 1. The third kappa shape index (κ3) is 6.89. The highest BCUT2D eigenvalue weighted by Gasteiger charge is 2.28. The highest BCUT2D eigenvalue weighted by Crippen LogP contribution is 2.21. The molecule has 0 fully saturated rings. The molecular formula is C32H29N3O5S. The lowest BCUT2D eigenvalue weighted by atomic mass is 10.1. The van der Waals surface area contributed by atoms with Crippen LogP contribution >= 0.6 is 0 Å². The molecule has 1 amide bonds. The normalized spacial score (nSPS) is 12.1. The molecular weight excluding hydrogens is 538 g/mol. The predicted octanol–water partition coefficient (Wildman–Crippen LogP) is 5.36. The average molecular weight is 568 g/mol.